The van der Waals surface area contributed by atoms with Crippen molar-refractivity contribution in [2.75, 3.05) is 64.5 Å². The van der Waals surface area contributed by atoms with Crippen molar-refractivity contribution in [3.05, 3.63) is 30.3 Å². The third-order valence-corrected chi connectivity index (χ3v) is 5.63. The second-order valence-corrected chi connectivity index (χ2v) is 7.99. The highest BCUT2D eigenvalue weighted by Crippen LogP contribution is 2.17. The summed E-state index contributed by atoms with van der Waals surface area (Å²) in [5.41, 5.74) is 0.982. The third kappa shape index (κ3) is 6.83. The van der Waals surface area contributed by atoms with Gasteiger partial charge in [0.25, 0.3) is 0 Å². The van der Waals surface area contributed by atoms with E-state index in [1.807, 2.05) is 42.1 Å². The van der Waals surface area contributed by atoms with Crippen molar-refractivity contribution in [1.29, 1.82) is 0 Å². The van der Waals surface area contributed by atoms with E-state index in [1.54, 1.807) is 0 Å². The minimum atomic E-state index is 0.880. The van der Waals surface area contributed by atoms with Crippen LogP contribution in [-0.2, 0) is 4.74 Å². The molecule has 1 aromatic carbocycles. The summed E-state index contributed by atoms with van der Waals surface area (Å²) < 4.78 is 5.01. The fourth-order valence-electron chi connectivity index (χ4n) is 3.11. The molecule has 0 aromatic heterocycles. The smallest absolute Gasteiger partial charge is 0.227 e. The van der Waals surface area contributed by atoms with Crippen molar-refractivity contribution in [3.63, 3.8) is 0 Å². The predicted octanol–water partition coefficient (Wildman–Crippen LogP) is 2.45. The van der Waals surface area contributed by atoms with Gasteiger partial charge in [-0.2, -0.15) is 16.8 Å². The Morgan fingerprint density at radius 2 is 1.81 bits per heavy atom. The van der Waals surface area contributed by atoms with Gasteiger partial charge in [0.1, 0.15) is 5.84 Å². The zero-order chi connectivity index (χ0) is 18.7. The van der Waals surface area contributed by atoms with Crippen LogP contribution in [0, 0.1) is 0 Å². The minimum Gasteiger partial charge on any atom is -0.379 e. The van der Waals surface area contributed by atoms with E-state index >= 15 is 0 Å². The number of rotatable bonds is 1. The lowest BCUT2D eigenvalue weighted by atomic mass is 10.3. The number of amidine groups is 1. The van der Waals surface area contributed by atoms with E-state index in [4.69, 9.17) is 14.7 Å². The normalized spacial score (nSPS) is 22.6. The van der Waals surface area contributed by atoms with Crippen LogP contribution in [0.2, 0.25) is 0 Å². The molecule has 0 saturated carbocycles. The van der Waals surface area contributed by atoms with Gasteiger partial charge in [0.15, 0.2) is 0 Å². The van der Waals surface area contributed by atoms with Crippen molar-refractivity contribution in [2.45, 2.75) is 12.8 Å². The van der Waals surface area contributed by atoms with Crippen LogP contribution in [0.15, 0.2) is 40.3 Å². The van der Waals surface area contributed by atoms with E-state index in [1.165, 1.54) is 12.3 Å². The van der Waals surface area contributed by atoms with E-state index in [-0.39, 0.29) is 0 Å². The average Bonchev–Trinajstić information content (AvgIpc) is 3.15. The first kappa shape index (κ1) is 20.2. The molecule has 7 heteroatoms. The molecule has 1 aromatic rings. The number of nitrogens with zero attached hydrogens (tertiary/aromatic N) is 4. The number of ether oxygens (including phenoxy) is 1. The summed E-state index contributed by atoms with van der Waals surface area (Å²) in [6, 6.07) is 10.1. The maximum absolute atomic E-state index is 5.01. The number of para-hydroxylation sites is 1. The van der Waals surface area contributed by atoms with Crippen molar-refractivity contribution in [1.82, 2.24) is 15.1 Å². The van der Waals surface area contributed by atoms with Gasteiger partial charge in [-0.25, -0.2) is 4.99 Å². The Balaban J connectivity index is 0.000000299. The van der Waals surface area contributed by atoms with Gasteiger partial charge < -0.3 is 19.9 Å². The fraction of sp³-hybridized carbons (Fsp3) is 0.600. The van der Waals surface area contributed by atoms with Gasteiger partial charge in [0, 0.05) is 57.7 Å². The highest BCUT2D eigenvalue weighted by atomic mass is 32.2. The first-order chi connectivity index (χ1) is 13.3. The summed E-state index contributed by atoms with van der Waals surface area (Å²) in [6.45, 7) is 7.01. The Morgan fingerprint density at radius 3 is 2.37 bits per heavy atom. The number of guanidine groups is 1. The molecular formula is C20H31N5OS. The van der Waals surface area contributed by atoms with Gasteiger partial charge in [-0.05, 0) is 18.6 Å². The molecule has 0 bridgehead atoms. The number of thioether (sulfide) groups is 1. The summed E-state index contributed by atoms with van der Waals surface area (Å²) >= 11 is 2.01. The van der Waals surface area contributed by atoms with Crippen LogP contribution in [0.4, 0.5) is 5.69 Å². The lowest BCUT2D eigenvalue weighted by Gasteiger charge is -2.28. The maximum Gasteiger partial charge on any atom is 0.227 e. The Bertz CT molecular complexity index is 601. The molecule has 3 saturated heterocycles. The van der Waals surface area contributed by atoms with Gasteiger partial charge in [-0.1, -0.05) is 18.2 Å². The van der Waals surface area contributed by atoms with Crippen LogP contribution in [-0.4, -0.2) is 86.1 Å². The number of hydrogen-bond donors (Lipinski definition) is 1. The lowest BCUT2D eigenvalue weighted by molar-refractivity contribution is 0.109. The highest BCUT2D eigenvalue weighted by Gasteiger charge is 2.19. The Hall–Kier alpha value is -1.57. The van der Waals surface area contributed by atoms with Crippen LogP contribution >= 0.6 is 11.8 Å². The molecule has 6 nitrogen and oxygen atoms in total. The van der Waals surface area contributed by atoms with Gasteiger partial charge in [0.2, 0.25) is 5.96 Å². The van der Waals surface area contributed by atoms with Crippen molar-refractivity contribution in [2.24, 2.45) is 9.98 Å². The van der Waals surface area contributed by atoms with E-state index in [0.29, 0.717) is 0 Å². The average molecular weight is 390 g/mol. The number of aliphatic imine (C=N–C) groups is 2. The first-order valence-electron chi connectivity index (χ1n) is 9.86. The maximum atomic E-state index is 5.01. The minimum absolute atomic E-state index is 0.880. The summed E-state index contributed by atoms with van der Waals surface area (Å²) in [5, 5.41) is 3.16. The molecule has 0 radical (unpaired) electrons. The summed E-state index contributed by atoms with van der Waals surface area (Å²) in [4.78, 5) is 14.3. The molecule has 3 aliphatic heterocycles. The van der Waals surface area contributed by atoms with Gasteiger partial charge >= 0.3 is 0 Å². The van der Waals surface area contributed by atoms with E-state index in [9.17, 15) is 0 Å². The van der Waals surface area contributed by atoms with Crippen molar-refractivity contribution < 1.29 is 4.74 Å². The van der Waals surface area contributed by atoms with E-state index < -0.39 is 0 Å². The van der Waals surface area contributed by atoms with Gasteiger partial charge in [-0.3, -0.25) is 0 Å². The van der Waals surface area contributed by atoms with E-state index in [0.717, 1.165) is 75.5 Å². The third-order valence-electron chi connectivity index (χ3n) is 4.69. The molecule has 0 spiro atoms. The molecule has 148 valence electrons. The monoisotopic (exact) mass is 389 g/mol. The quantitative estimate of drug-likeness (QED) is 0.591. The number of nitrogens with one attached hydrogen (secondary N) is 1. The molecule has 0 amide bonds. The summed E-state index contributed by atoms with van der Waals surface area (Å²) in [5.74, 6) is 4.37. The molecule has 3 heterocycles. The van der Waals surface area contributed by atoms with Crippen molar-refractivity contribution in [3.8, 4) is 0 Å². The van der Waals surface area contributed by atoms with Gasteiger partial charge in [-0.15, -0.1) is 0 Å². The van der Waals surface area contributed by atoms with Crippen molar-refractivity contribution >= 4 is 29.2 Å². The van der Waals surface area contributed by atoms with Crippen LogP contribution in [0.1, 0.15) is 12.8 Å². The molecule has 3 fully saturated rings. The Labute approximate surface area is 167 Å². The molecule has 27 heavy (non-hydrogen) atoms. The first-order valence-corrected chi connectivity index (χ1v) is 11.0. The van der Waals surface area contributed by atoms with Crippen LogP contribution in [0.5, 0.6) is 0 Å². The second kappa shape index (κ2) is 11.3. The number of benzene rings is 1. The van der Waals surface area contributed by atoms with Gasteiger partial charge in [0.05, 0.1) is 18.9 Å². The number of hydrogen-bond acceptors (Lipinski definition) is 4. The summed E-state index contributed by atoms with van der Waals surface area (Å²) in [6.07, 6.45) is 2.26. The second-order valence-electron chi connectivity index (χ2n) is 6.76. The topological polar surface area (TPSA) is 52.5 Å². The largest absolute Gasteiger partial charge is 0.379 e. The van der Waals surface area contributed by atoms with Crippen LogP contribution in [0.3, 0.4) is 0 Å². The molecule has 0 unspecified atom stereocenters. The molecular weight excluding hydrogens is 358 g/mol. The standard InChI is InChI=1S/C16H22N4S.C4H9NO/c1-19-9-5-8-15(19)18-16(20-10-12-21-13-11-20)17-14-6-3-2-4-7-14;1-3-6-4-2-5-1/h2-4,6-7H,5,8-13H2,1H3;5H,1-4H2. The fourth-order valence-corrected chi connectivity index (χ4v) is 4.02. The molecule has 1 N–H and O–H groups in total. The zero-order valence-electron chi connectivity index (χ0n) is 16.3. The lowest BCUT2D eigenvalue weighted by Crippen LogP contribution is -2.38. The van der Waals surface area contributed by atoms with Crippen LogP contribution in [0.25, 0.3) is 0 Å². The SMILES string of the molecule is C1COCCN1.CN1CCCC1=NC(=Nc1ccccc1)N1CCSCC1. The predicted molar refractivity (Wildman–Crippen MR) is 115 cm³/mol. The zero-order valence-corrected chi connectivity index (χ0v) is 17.1. The molecule has 3 aliphatic rings. The Kier molecular flexibility index (Phi) is 8.45. The number of likely N-dealkylation sites (tertiary alicyclic amines) is 1. The van der Waals surface area contributed by atoms with E-state index in [2.05, 4.69) is 22.2 Å². The number of morpholine rings is 1. The molecule has 0 aliphatic carbocycles. The van der Waals surface area contributed by atoms with Crippen LogP contribution < -0.4 is 5.32 Å². The Morgan fingerprint density at radius 1 is 1.07 bits per heavy atom. The summed E-state index contributed by atoms with van der Waals surface area (Å²) in [7, 11) is 2.12. The molecule has 0 atom stereocenters. The highest BCUT2D eigenvalue weighted by molar-refractivity contribution is 7.99. The molecule has 4 rings (SSSR count).